The number of esters is 1. The van der Waals surface area contributed by atoms with E-state index in [0.29, 0.717) is 0 Å². The molecule has 0 aliphatic heterocycles. The van der Waals surface area contributed by atoms with Crippen LogP contribution in [0.4, 0.5) is 5.69 Å². The van der Waals surface area contributed by atoms with Crippen LogP contribution in [0.25, 0.3) is 0 Å². The molecule has 1 atom stereocenters. The molecule has 0 aliphatic carbocycles. The number of hydrogen-bond donors (Lipinski definition) is 1. The summed E-state index contributed by atoms with van der Waals surface area (Å²) in [4.78, 5) is 33.1. The number of non-ortho nitro benzene ring substituents is 1. The van der Waals surface area contributed by atoms with Crippen molar-refractivity contribution in [2.45, 2.75) is 18.8 Å². The molecule has 0 radical (unpaired) electrons. The Morgan fingerprint density at radius 3 is 2.21 bits per heavy atom. The molecule has 2 aromatic rings. The molecule has 0 bridgehead atoms. The molecule has 7 nitrogen and oxygen atoms in total. The maximum Gasteiger partial charge on any atom is 0.311 e. The van der Waals surface area contributed by atoms with Crippen LogP contribution >= 0.6 is 0 Å². The zero-order valence-electron chi connectivity index (χ0n) is 12.6. The van der Waals surface area contributed by atoms with E-state index in [0.717, 1.165) is 5.56 Å². The summed E-state index contributed by atoms with van der Waals surface area (Å²) in [7, 11) is 0. The van der Waals surface area contributed by atoms with Crippen molar-refractivity contribution in [1.82, 2.24) is 0 Å². The van der Waals surface area contributed by atoms with Gasteiger partial charge in [-0.15, -0.1) is 0 Å². The van der Waals surface area contributed by atoms with E-state index < -0.39 is 22.8 Å². The van der Waals surface area contributed by atoms with Gasteiger partial charge in [0.25, 0.3) is 5.69 Å². The Morgan fingerprint density at radius 2 is 1.67 bits per heavy atom. The lowest BCUT2D eigenvalue weighted by atomic mass is 9.92. The number of ether oxygens (including phenoxy) is 1. The maximum atomic E-state index is 12.0. The molecule has 0 spiro atoms. The van der Waals surface area contributed by atoms with Gasteiger partial charge < -0.3 is 9.84 Å². The molecule has 0 heterocycles. The van der Waals surface area contributed by atoms with Crippen LogP contribution < -0.4 is 4.74 Å². The van der Waals surface area contributed by atoms with E-state index >= 15 is 0 Å². The zero-order valence-corrected chi connectivity index (χ0v) is 12.6. The van der Waals surface area contributed by atoms with Crippen molar-refractivity contribution in [2.75, 3.05) is 0 Å². The molecular weight excluding hydrogens is 314 g/mol. The van der Waals surface area contributed by atoms with Crippen LogP contribution in [0.15, 0.2) is 54.6 Å². The molecule has 2 aromatic carbocycles. The molecule has 2 rings (SSSR count). The predicted molar refractivity (Wildman–Crippen MR) is 84.8 cm³/mol. The predicted octanol–water partition coefficient (Wildman–Crippen LogP) is 3.15. The van der Waals surface area contributed by atoms with Gasteiger partial charge in [-0.1, -0.05) is 30.3 Å². The molecule has 0 aromatic heterocycles. The van der Waals surface area contributed by atoms with Crippen molar-refractivity contribution in [1.29, 1.82) is 0 Å². The summed E-state index contributed by atoms with van der Waals surface area (Å²) in [6, 6.07) is 14.0. The Labute approximate surface area is 137 Å². The first-order valence-corrected chi connectivity index (χ1v) is 7.17. The monoisotopic (exact) mass is 329 g/mol. The first kappa shape index (κ1) is 17.1. The maximum absolute atomic E-state index is 12.0. The number of carbonyl (C=O) groups excluding carboxylic acids is 1. The molecule has 1 N–H and O–H groups in total. The van der Waals surface area contributed by atoms with Crippen LogP contribution in [0.3, 0.4) is 0 Å². The highest BCUT2D eigenvalue weighted by Gasteiger charge is 2.20. The van der Waals surface area contributed by atoms with Crippen LogP contribution in [0.5, 0.6) is 5.75 Å². The number of rotatable bonds is 7. The highest BCUT2D eigenvalue weighted by atomic mass is 16.6. The fourth-order valence-corrected chi connectivity index (χ4v) is 2.25. The second kappa shape index (κ2) is 7.87. The molecular formula is C17H15NO6. The number of carboxylic acids is 1. The Balaban J connectivity index is 2.04. The summed E-state index contributed by atoms with van der Waals surface area (Å²) >= 11 is 0. The van der Waals surface area contributed by atoms with E-state index in [-0.39, 0.29) is 24.3 Å². The van der Waals surface area contributed by atoms with Gasteiger partial charge in [-0.3, -0.25) is 19.7 Å². The lowest BCUT2D eigenvalue weighted by Gasteiger charge is -2.14. The molecule has 124 valence electrons. The largest absolute Gasteiger partial charge is 0.481 e. The topological polar surface area (TPSA) is 107 Å². The van der Waals surface area contributed by atoms with Gasteiger partial charge in [0.1, 0.15) is 5.75 Å². The van der Waals surface area contributed by atoms with Crippen LogP contribution in [0, 0.1) is 10.1 Å². The van der Waals surface area contributed by atoms with Crippen molar-refractivity contribution in [2.24, 2.45) is 0 Å². The van der Waals surface area contributed by atoms with E-state index in [2.05, 4.69) is 0 Å². The molecule has 0 fully saturated rings. The van der Waals surface area contributed by atoms with Crippen molar-refractivity contribution in [3.8, 4) is 5.75 Å². The summed E-state index contributed by atoms with van der Waals surface area (Å²) in [5, 5.41) is 19.6. The van der Waals surface area contributed by atoms with Crippen LogP contribution in [-0.4, -0.2) is 22.0 Å². The molecule has 24 heavy (non-hydrogen) atoms. The molecule has 0 saturated heterocycles. The Bertz CT molecular complexity index is 727. The first-order valence-electron chi connectivity index (χ1n) is 7.17. The Kier molecular flexibility index (Phi) is 5.62. The van der Waals surface area contributed by atoms with Crippen molar-refractivity contribution in [3.63, 3.8) is 0 Å². The van der Waals surface area contributed by atoms with E-state index in [1.54, 1.807) is 30.3 Å². The van der Waals surface area contributed by atoms with Gasteiger partial charge in [-0.25, -0.2) is 0 Å². The Morgan fingerprint density at radius 1 is 1.04 bits per heavy atom. The standard InChI is InChI=1S/C17H15NO6/c19-16(20)10-13(12-4-2-1-3-5-12)11-17(21)24-15-8-6-14(7-9-15)18(22)23/h1-9,13H,10-11H2,(H,19,20). The minimum Gasteiger partial charge on any atom is -0.481 e. The van der Waals surface area contributed by atoms with Gasteiger partial charge in [0.15, 0.2) is 0 Å². The fraction of sp³-hybridized carbons (Fsp3) is 0.176. The number of nitro benzene ring substituents is 1. The summed E-state index contributed by atoms with van der Waals surface area (Å²) < 4.78 is 5.13. The number of nitro groups is 1. The van der Waals surface area contributed by atoms with E-state index in [1.807, 2.05) is 0 Å². The van der Waals surface area contributed by atoms with Gasteiger partial charge in [-0.2, -0.15) is 0 Å². The van der Waals surface area contributed by atoms with E-state index in [9.17, 15) is 19.7 Å². The normalized spacial score (nSPS) is 11.5. The van der Waals surface area contributed by atoms with Crippen molar-refractivity contribution in [3.05, 3.63) is 70.3 Å². The second-order valence-corrected chi connectivity index (χ2v) is 5.13. The van der Waals surface area contributed by atoms with E-state index in [4.69, 9.17) is 9.84 Å². The van der Waals surface area contributed by atoms with Crippen LogP contribution in [-0.2, 0) is 9.59 Å². The first-order chi connectivity index (χ1) is 11.5. The molecule has 0 saturated carbocycles. The lowest BCUT2D eigenvalue weighted by Crippen LogP contribution is -2.15. The third-order valence-electron chi connectivity index (χ3n) is 3.38. The number of carbonyl (C=O) groups is 2. The van der Waals surface area contributed by atoms with Gasteiger partial charge >= 0.3 is 11.9 Å². The summed E-state index contributed by atoms with van der Waals surface area (Å²) in [5.41, 5.74) is 0.628. The fourth-order valence-electron chi connectivity index (χ4n) is 2.25. The molecule has 7 heteroatoms. The molecule has 0 amide bonds. The third-order valence-corrected chi connectivity index (χ3v) is 3.38. The summed E-state index contributed by atoms with van der Waals surface area (Å²) in [6.45, 7) is 0. The number of hydrogen-bond acceptors (Lipinski definition) is 5. The van der Waals surface area contributed by atoms with Gasteiger partial charge in [0, 0.05) is 18.1 Å². The van der Waals surface area contributed by atoms with Crippen LogP contribution in [0.1, 0.15) is 24.3 Å². The number of nitrogens with zero attached hydrogens (tertiary/aromatic N) is 1. The summed E-state index contributed by atoms with van der Waals surface area (Å²) in [6.07, 6.45) is -0.299. The quantitative estimate of drug-likeness (QED) is 0.362. The average Bonchev–Trinajstić information content (AvgIpc) is 2.55. The highest BCUT2D eigenvalue weighted by molar-refractivity contribution is 5.75. The summed E-state index contributed by atoms with van der Waals surface area (Å²) in [5.74, 6) is -1.94. The SMILES string of the molecule is O=C(O)CC(CC(=O)Oc1ccc([N+](=O)[O-])cc1)c1ccccc1. The highest BCUT2D eigenvalue weighted by Crippen LogP contribution is 2.25. The number of carboxylic acid groups (broad SMARTS) is 1. The average molecular weight is 329 g/mol. The minimum absolute atomic E-state index is 0.104. The second-order valence-electron chi connectivity index (χ2n) is 5.13. The Hall–Kier alpha value is -3.22. The number of aliphatic carboxylic acids is 1. The smallest absolute Gasteiger partial charge is 0.311 e. The van der Waals surface area contributed by atoms with E-state index in [1.165, 1.54) is 24.3 Å². The molecule has 1 unspecified atom stereocenters. The zero-order chi connectivity index (χ0) is 17.5. The molecule has 0 aliphatic rings. The third kappa shape index (κ3) is 4.91. The lowest BCUT2D eigenvalue weighted by molar-refractivity contribution is -0.384. The van der Waals surface area contributed by atoms with Crippen molar-refractivity contribution >= 4 is 17.6 Å². The minimum atomic E-state index is -1.01. The van der Waals surface area contributed by atoms with Gasteiger partial charge in [-0.05, 0) is 17.7 Å². The van der Waals surface area contributed by atoms with Gasteiger partial charge in [0.05, 0.1) is 17.8 Å². The van der Waals surface area contributed by atoms with Crippen LogP contribution in [0.2, 0.25) is 0 Å². The number of benzene rings is 2. The van der Waals surface area contributed by atoms with Crippen molar-refractivity contribution < 1.29 is 24.4 Å². The van der Waals surface area contributed by atoms with Gasteiger partial charge in [0.2, 0.25) is 0 Å².